The molecule has 21 heavy (non-hydrogen) atoms. The SMILES string of the molecule is CC1CCC(=O)N(Cc2ccc(C(=O)NN)cc2Br)CC1. The number of nitrogens with zero attached hydrogens (tertiary/aromatic N) is 1. The summed E-state index contributed by atoms with van der Waals surface area (Å²) in [7, 11) is 0. The molecule has 1 aliphatic rings. The molecule has 1 unspecified atom stereocenters. The van der Waals surface area contributed by atoms with Crippen molar-refractivity contribution in [3.8, 4) is 0 Å². The van der Waals surface area contributed by atoms with Crippen LogP contribution in [0.3, 0.4) is 0 Å². The number of halogens is 1. The zero-order valence-corrected chi connectivity index (χ0v) is 13.6. The number of amides is 2. The van der Waals surface area contributed by atoms with Gasteiger partial charge in [-0.3, -0.25) is 15.0 Å². The average molecular weight is 354 g/mol. The van der Waals surface area contributed by atoms with Crippen LogP contribution in [0, 0.1) is 5.92 Å². The summed E-state index contributed by atoms with van der Waals surface area (Å²) in [6.45, 7) is 3.54. The number of carbonyl (C=O) groups is 2. The molecule has 0 aliphatic carbocycles. The highest BCUT2D eigenvalue weighted by Gasteiger charge is 2.21. The van der Waals surface area contributed by atoms with E-state index in [0.29, 0.717) is 24.4 Å². The maximum atomic E-state index is 12.1. The summed E-state index contributed by atoms with van der Waals surface area (Å²) in [5.41, 5.74) is 3.59. The summed E-state index contributed by atoms with van der Waals surface area (Å²) < 4.78 is 0.814. The van der Waals surface area contributed by atoms with Gasteiger partial charge in [-0.2, -0.15) is 0 Å². The first-order valence-electron chi connectivity index (χ1n) is 7.08. The van der Waals surface area contributed by atoms with Gasteiger partial charge in [0.05, 0.1) is 0 Å². The van der Waals surface area contributed by atoms with E-state index in [1.807, 2.05) is 11.0 Å². The van der Waals surface area contributed by atoms with Crippen molar-refractivity contribution in [1.29, 1.82) is 0 Å². The van der Waals surface area contributed by atoms with Crippen LogP contribution in [-0.2, 0) is 11.3 Å². The predicted molar refractivity (Wildman–Crippen MR) is 84.2 cm³/mol. The van der Waals surface area contributed by atoms with Gasteiger partial charge in [0.25, 0.3) is 5.91 Å². The predicted octanol–water partition coefficient (Wildman–Crippen LogP) is 2.20. The van der Waals surface area contributed by atoms with Gasteiger partial charge in [-0.05, 0) is 36.5 Å². The lowest BCUT2D eigenvalue weighted by Crippen LogP contribution is -2.31. The van der Waals surface area contributed by atoms with Crippen molar-refractivity contribution in [1.82, 2.24) is 10.3 Å². The van der Waals surface area contributed by atoms with Crippen molar-refractivity contribution >= 4 is 27.7 Å². The minimum Gasteiger partial charge on any atom is -0.338 e. The Morgan fingerprint density at radius 2 is 2.24 bits per heavy atom. The van der Waals surface area contributed by atoms with E-state index in [1.165, 1.54) is 0 Å². The molecule has 1 fully saturated rings. The Kier molecular flexibility index (Phi) is 5.36. The summed E-state index contributed by atoms with van der Waals surface area (Å²) in [4.78, 5) is 25.5. The fourth-order valence-corrected chi connectivity index (χ4v) is 2.95. The summed E-state index contributed by atoms with van der Waals surface area (Å²) in [6, 6.07) is 5.30. The number of nitrogens with two attached hydrogens (primary N) is 1. The molecule has 1 aromatic carbocycles. The first kappa shape index (κ1) is 16.0. The van der Waals surface area contributed by atoms with Gasteiger partial charge in [-0.1, -0.05) is 28.9 Å². The van der Waals surface area contributed by atoms with E-state index in [-0.39, 0.29) is 11.8 Å². The van der Waals surface area contributed by atoms with E-state index in [0.717, 1.165) is 29.4 Å². The molecule has 0 bridgehead atoms. The third-order valence-electron chi connectivity index (χ3n) is 3.90. The average Bonchev–Trinajstić information content (AvgIpc) is 2.63. The summed E-state index contributed by atoms with van der Waals surface area (Å²) in [5.74, 6) is 5.59. The topological polar surface area (TPSA) is 75.4 Å². The van der Waals surface area contributed by atoms with Gasteiger partial charge in [0, 0.05) is 29.5 Å². The quantitative estimate of drug-likeness (QED) is 0.496. The highest BCUT2D eigenvalue weighted by Crippen LogP contribution is 2.23. The molecular weight excluding hydrogens is 334 g/mol. The molecule has 1 heterocycles. The van der Waals surface area contributed by atoms with Gasteiger partial charge in [0.1, 0.15) is 0 Å². The van der Waals surface area contributed by atoms with Crippen molar-refractivity contribution in [2.75, 3.05) is 6.54 Å². The molecule has 2 amide bonds. The zero-order valence-electron chi connectivity index (χ0n) is 12.1. The molecule has 114 valence electrons. The number of hydrogen-bond donors (Lipinski definition) is 2. The van der Waals surface area contributed by atoms with Gasteiger partial charge in [0.2, 0.25) is 5.91 Å². The van der Waals surface area contributed by atoms with Crippen LogP contribution in [0.5, 0.6) is 0 Å². The fourth-order valence-electron chi connectivity index (χ4n) is 2.45. The maximum Gasteiger partial charge on any atom is 0.265 e. The third-order valence-corrected chi connectivity index (χ3v) is 4.64. The first-order chi connectivity index (χ1) is 10.0. The smallest absolute Gasteiger partial charge is 0.265 e. The lowest BCUT2D eigenvalue weighted by atomic mass is 10.0. The molecule has 2 rings (SSSR count). The van der Waals surface area contributed by atoms with Crippen molar-refractivity contribution in [2.45, 2.75) is 32.7 Å². The van der Waals surface area contributed by atoms with Gasteiger partial charge in [-0.25, -0.2) is 5.84 Å². The second-order valence-corrected chi connectivity index (χ2v) is 6.38. The summed E-state index contributed by atoms with van der Waals surface area (Å²) >= 11 is 3.46. The van der Waals surface area contributed by atoms with Crippen LogP contribution in [-0.4, -0.2) is 23.3 Å². The lowest BCUT2D eigenvalue weighted by molar-refractivity contribution is -0.131. The second-order valence-electron chi connectivity index (χ2n) is 5.53. The van der Waals surface area contributed by atoms with Gasteiger partial charge in [-0.15, -0.1) is 0 Å². The largest absolute Gasteiger partial charge is 0.338 e. The zero-order chi connectivity index (χ0) is 15.4. The number of hydrazine groups is 1. The van der Waals surface area contributed by atoms with E-state index in [1.54, 1.807) is 12.1 Å². The third kappa shape index (κ3) is 4.04. The van der Waals surface area contributed by atoms with Crippen molar-refractivity contribution in [3.05, 3.63) is 33.8 Å². The Morgan fingerprint density at radius 3 is 2.90 bits per heavy atom. The highest BCUT2D eigenvalue weighted by molar-refractivity contribution is 9.10. The number of carbonyl (C=O) groups excluding carboxylic acids is 2. The molecule has 1 aromatic rings. The molecule has 6 heteroatoms. The van der Waals surface area contributed by atoms with Crippen molar-refractivity contribution < 1.29 is 9.59 Å². The molecule has 1 atom stereocenters. The van der Waals surface area contributed by atoms with Crippen molar-refractivity contribution in [3.63, 3.8) is 0 Å². The van der Waals surface area contributed by atoms with Crippen LogP contribution in [0.15, 0.2) is 22.7 Å². The lowest BCUT2D eigenvalue weighted by Gasteiger charge is -2.21. The molecule has 0 radical (unpaired) electrons. The van der Waals surface area contributed by atoms with Gasteiger partial charge >= 0.3 is 0 Å². The number of benzene rings is 1. The van der Waals surface area contributed by atoms with Crippen LogP contribution in [0.4, 0.5) is 0 Å². The van der Waals surface area contributed by atoms with Crippen LogP contribution < -0.4 is 11.3 Å². The highest BCUT2D eigenvalue weighted by atomic mass is 79.9. The molecule has 0 saturated carbocycles. The van der Waals surface area contributed by atoms with Crippen LogP contribution >= 0.6 is 15.9 Å². The molecule has 1 aliphatic heterocycles. The molecule has 0 aromatic heterocycles. The van der Waals surface area contributed by atoms with Crippen molar-refractivity contribution in [2.24, 2.45) is 11.8 Å². The van der Waals surface area contributed by atoms with Crippen LogP contribution in [0.2, 0.25) is 0 Å². The minimum absolute atomic E-state index is 0.204. The second kappa shape index (κ2) is 7.04. The van der Waals surface area contributed by atoms with E-state index in [4.69, 9.17) is 5.84 Å². The number of hydrogen-bond acceptors (Lipinski definition) is 3. The molecular formula is C15H20BrN3O2. The Hall–Kier alpha value is -1.40. The van der Waals surface area contributed by atoms with E-state index >= 15 is 0 Å². The first-order valence-corrected chi connectivity index (χ1v) is 7.87. The Labute approximate surface area is 133 Å². The Bertz CT molecular complexity index is 548. The minimum atomic E-state index is -0.332. The number of likely N-dealkylation sites (tertiary alicyclic amines) is 1. The maximum absolute atomic E-state index is 12.1. The molecule has 1 saturated heterocycles. The van der Waals surface area contributed by atoms with E-state index in [9.17, 15) is 9.59 Å². The van der Waals surface area contributed by atoms with Gasteiger partial charge < -0.3 is 4.90 Å². The van der Waals surface area contributed by atoms with E-state index in [2.05, 4.69) is 28.3 Å². The normalized spacial score (nSPS) is 19.3. The fraction of sp³-hybridized carbons (Fsp3) is 0.467. The van der Waals surface area contributed by atoms with Crippen LogP contribution in [0.25, 0.3) is 0 Å². The van der Waals surface area contributed by atoms with Crippen LogP contribution in [0.1, 0.15) is 42.1 Å². The van der Waals surface area contributed by atoms with E-state index < -0.39 is 0 Å². The molecule has 5 nitrogen and oxygen atoms in total. The number of nitrogen functional groups attached to an aromatic ring is 1. The standard InChI is InChI=1S/C15H20BrN3O2/c1-10-2-5-14(20)19(7-6-10)9-12-4-3-11(8-13(12)16)15(21)18-17/h3-4,8,10H,2,5-7,9,17H2,1H3,(H,18,21). The Morgan fingerprint density at radius 1 is 1.48 bits per heavy atom. The Balaban J connectivity index is 2.12. The summed E-state index contributed by atoms with van der Waals surface area (Å²) in [6.07, 6.45) is 2.62. The van der Waals surface area contributed by atoms with Gasteiger partial charge in [0.15, 0.2) is 0 Å². The summed E-state index contributed by atoms with van der Waals surface area (Å²) in [5, 5.41) is 0. The molecule has 3 N–H and O–H groups in total. The monoisotopic (exact) mass is 353 g/mol. The molecule has 0 spiro atoms. The number of nitrogens with one attached hydrogen (secondary N) is 1. The number of rotatable bonds is 3.